The van der Waals surface area contributed by atoms with Gasteiger partial charge in [0.25, 0.3) is 0 Å². The molecule has 1 rings (SSSR count). The van der Waals surface area contributed by atoms with Crippen LogP contribution in [0.5, 0.6) is 0 Å². The zero-order chi connectivity index (χ0) is 12.2. The molecular formula is C9H18N3O3P. The van der Waals surface area contributed by atoms with Gasteiger partial charge >= 0.3 is 7.60 Å². The number of imidazole rings is 1. The number of hydrogen-bond donors (Lipinski definition) is 2. The molecule has 0 aromatic carbocycles. The van der Waals surface area contributed by atoms with E-state index in [0.29, 0.717) is 25.5 Å². The van der Waals surface area contributed by atoms with Gasteiger partial charge in [-0.25, -0.2) is 4.98 Å². The van der Waals surface area contributed by atoms with E-state index in [9.17, 15) is 4.57 Å². The zero-order valence-electron chi connectivity index (χ0n) is 9.82. The highest BCUT2D eigenvalue weighted by atomic mass is 31.2. The van der Waals surface area contributed by atoms with Crippen molar-refractivity contribution in [3.63, 3.8) is 0 Å². The second-order valence-corrected chi connectivity index (χ2v) is 5.10. The van der Waals surface area contributed by atoms with E-state index in [1.165, 1.54) is 0 Å². The number of aromatic amines is 1. The maximum Gasteiger partial charge on any atom is 0.396 e. The Balaban J connectivity index is 3.06. The summed E-state index contributed by atoms with van der Waals surface area (Å²) in [6.07, 6.45) is 0. The second-order valence-electron chi connectivity index (χ2n) is 3.17. The Morgan fingerprint density at radius 2 is 1.94 bits per heavy atom. The Morgan fingerprint density at radius 1 is 1.38 bits per heavy atom. The lowest BCUT2D eigenvalue weighted by molar-refractivity contribution is 0.228. The third-order valence-electron chi connectivity index (χ3n) is 2.02. The van der Waals surface area contributed by atoms with Gasteiger partial charge in [-0.15, -0.1) is 0 Å². The van der Waals surface area contributed by atoms with Gasteiger partial charge in [0.1, 0.15) is 0 Å². The molecule has 1 heterocycles. The monoisotopic (exact) mass is 247 g/mol. The van der Waals surface area contributed by atoms with Crippen LogP contribution in [0.15, 0.2) is 0 Å². The summed E-state index contributed by atoms with van der Waals surface area (Å²) in [5.41, 5.74) is 7.20. The molecule has 1 aromatic rings. The van der Waals surface area contributed by atoms with E-state index in [1.807, 2.05) is 6.92 Å². The molecule has 0 aliphatic heterocycles. The van der Waals surface area contributed by atoms with E-state index in [4.69, 9.17) is 14.8 Å². The average molecular weight is 247 g/mol. The van der Waals surface area contributed by atoms with E-state index in [0.717, 1.165) is 5.69 Å². The van der Waals surface area contributed by atoms with Gasteiger partial charge in [0, 0.05) is 12.2 Å². The van der Waals surface area contributed by atoms with Crippen molar-refractivity contribution in [2.75, 3.05) is 13.2 Å². The predicted molar refractivity (Wildman–Crippen MR) is 61.7 cm³/mol. The van der Waals surface area contributed by atoms with Crippen molar-refractivity contribution in [2.45, 2.75) is 27.3 Å². The molecule has 0 amide bonds. The van der Waals surface area contributed by atoms with Crippen molar-refractivity contribution < 1.29 is 13.6 Å². The molecule has 0 saturated carbocycles. The minimum Gasteiger partial charge on any atom is -0.335 e. The normalized spacial score (nSPS) is 12.0. The molecule has 0 saturated heterocycles. The Hall–Kier alpha value is -0.680. The predicted octanol–water partition coefficient (Wildman–Crippen LogP) is 1.07. The number of hydrogen-bond acceptors (Lipinski definition) is 5. The van der Waals surface area contributed by atoms with Crippen molar-refractivity contribution in [3.05, 3.63) is 11.4 Å². The first-order chi connectivity index (χ1) is 7.57. The summed E-state index contributed by atoms with van der Waals surface area (Å²) in [7, 11) is -3.31. The second kappa shape index (κ2) is 5.59. The quantitative estimate of drug-likeness (QED) is 0.734. The van der Waals surface area contributed by atoms with Crippen molar-refractivity contribution >= 4 is 13.2 Å². The third-order valence-corrected chi connectivity index (χ3v) is 3.95. The smallest absolute Gasteiger partial charge is 0.335 e. The molecular weight excluding hydrogens is 229 g/mol. The van der Waals surface area contributed by atoms with Crippen LogP contribution in [0.1, 0.15) is 25.2 Å². The molecule has 0 bridgehead atoms. The van der Waals surface area contributed by atoms with Gasteiger partial charge in [-0.2, -0.15) is 0 Å². The molecule has 0 radical (unpaired) electrons. The summed E-state index contributed by atoms with van der Waals surface area (Å²) in [5, 5.41) is 0. The molecule has 6 nitrogen and oxygen atoms in total. The van der Waals surface area contributed by atoms with Crippen molar-refractivity contribution in [3.8, 4) is 0 Å². The van der Waals surface area contributed by atoms with Crippen LogP contribution in [-0.2, 0) is 20.2 Å². The minimum absolute atomic E-state index is 0.231. The molecule has 0 fully saturated rings. The van der Waals surface area contributed by atoms with Crippen LogP contribution in [0, 0.1) is 6.92 Å². The largest absolute Gasteiger partial charge is 0.396 e. The first-order valence-corrected chi connectivity index (χ1v) is 6.76. The number of aryl methyl sites for hydroxylation is 1. The van der Waals surface area contributed by atoms with Crippen LogP contribution in [0.3, 0.4) is 0 Å². The molecule has 1 aromatic heterocycles. The van der Waals surface area contributed by atoms with Gasteiger partial charge < -0.3 is 19.8 Å². The highest BCUT2D eigenvalue weighted by Crippen LogP contribution is 2.45. The summed E-state index contributed by atoms with van der Waals surface area (Å²) in [6, 6.07) is 0. The highest BCUT2D eigenvalue weighted by Gasteiger charge is 2.31. The fourth-order valence-corrected chi connectivity index (χ4v) is 2.85. The van der Waals surface area contributed by atoms with E-state index in [-0.39, 0.29) is 5.57 Å². The fourth-order valence-electron chi connectivity index (χ4n) is 1.31. The summed E-state index contributed by atoms with van der Waals surface area (Å²) in [6.45, 7) is 6.22. The molecule has 3 N–H and O–H groups in total. The molecule has 0 aliphatic carbocycles. The molecule has 0 atom stereocenters. The number of nitrogens with one attached hydrogen (secondary N) is 1. The first kappa shape index (κ1) is 13.4. The number of H-pyrrole nitrogens is 1. The van der Waals surface area contributed by atoms with E-state index < -0.39 is 7.60 Å². The van der Waals surface area contributed by atoms with Gasteiger partial charge in [-0.1, -0.05) is 0 Å². The van der Waals surface area contributed by atoms with Crippen LogP contribution >= 0.6 is 7.60 Å². The SMILES string of the molecule is CCOP(=O)(OCC)c1nc(CN)c(C)[nH]1. The molecule has 16 heavy (non-hydrogen) atoms. The maximum absolute atomic E-state index is 12.3. The summed E-state index contributed by atoms with van der Waals surface area (Å²) >= 11 is 0. The third kappa shape index (κ3) is 2.71. The van der Waals surface area contributed by atoms with Crippen molar-refractivity contribution in [1.82, 2.24) is 9.97 Å². The van der Waals surface area contributed by atoms with E-state index in [2.05, 4.69) is 9.97 Å². The lowest BCUT2D eigenvalue weighted by Crippen LogP contribution is -2.15. The number of nitrogens with two attached hydrogens (primary N) is 1. The van der Waals surface area contributed by atoms with Gasteiger partial charge in [0.2, 0.25) is 5.57 Å². The Kier molecular flexibility index (Phi) is 4.68. The summed E-state index contributed by atoms with van der Waals surface area (Å²) in [4.78, 5) is 7.05. The van der Waals surface area contributed by atoms with Gasteiger partial charge in [-0.3, -0.25) is 4.57 Å². The van der Waals surface area contributed by atoms with Crippen molar-refractivity contribution in [2.24, 2.45) is 5.73 Å². The summed E-state index contributed by atoms with van der Waals surface area (Å²) < 4.78 is 22.7. The molecule has 0 spiro atoms. The highest BCUT2D eigenvalue weighted by molar-refractivity contribution is 7.61. The molecule has 0 aliphatic rings. The summed E-state index contributed by atoms with van der Waals surface area (Å²) in [5.74, 6) is 0. The number of nitrogens with zero attached hydrogens (tertiary/aromatic N) is 1. The van der Waals surface area contributed by atoms with Gasteiger partial charge in [-0.05, 0) is 20.8 Å². The zero-order valence-corrected chi connectivity index (χ0v) is 10.7. The Labute approximate surface area is 95.1 Å². The van der Waals surface area contributed by atoms with Gasteiger partial charge in [0.05, 0.1) is 18.9 Å². The Morgan fingerprint density at radius 3 is 2.31 bits per heavy atom. The fraction of sp³-hybridized carbons (Fsp3) is 0.667. The van der Waals surface area contributed by atoms with Crippen LogP contribution in [-0.4, -0.2) is 23.2 Å². The number of rotatable bonds is 6. The first-order valence-electron chi connectivity index (χ1n) is 5.22. The van der Waals surface area contributed by atoms with Crippen LogP contribution in [0.25, 0.3) is 0 Å². The van der Waals surface area contributed by atoms with Gasteiger partial charge in [0.15, 0.2) is 0 Å². The topological polar surface area (TPSA) is 90.2 Å². The standard InChI is InChI=1S/C9H18N3O3P/c1-4-14-16(13,15-5-2)9-11-7(3)8(6-10)12-9/h4-6,10H2,1-3H3,(H,11,12). The van der Waals surface area contributed by atoms with E-state index >= 15 is 0 Å². The van der Waals surface area contributed by atoms with Crippen LogP contribution in [0.2, 0.25) is 0 Å². The molecule has 0 unspecified atom stereocenters. The lowest BCUT2D eigenvalue weighted by atomic mass is 10.4. The molecule has 7 heteroatoms. The lowest BCUT2D eigenvalue weighted by Gasteiger charge is -2.13. The maximum atomic E-state index is 12.3. The molecule has 92 valence electrons. The van der Waals surface area contributed by atoms with Crippen molar-refractivity contribution in [1.29, 1.82) is 0 Å². The number of aromatic nitrogens is 2. The Bertz CT molecular complexity index is 381. The average Bonchev–Trinajstić information content (AvgIpc) is 2.61. The van der Waals surface area contributed by atoms with E-state index in [1.54, 1.807) is 13.8 Å². The minimum atomic E-state index is -3.31. The van der Waals surface area contributed by atoms with Crippen LogP contribution < -0.4 is 11.3 Å². The van der Waals surface area contributed by atoms with Crippen LogP contribution in [0.4, 0.5) is 0 Å².